The number of hydrogen-bond donors (Lipinski definition) is 1. The van der Waals surface area contributed by atoms with Gasteiger partial charge in [-0.2, -0.15) is 0 Å². The zero-order valence-electron chi connectivity index (χ0n) is 13.7. The van der Waals surface area contributed by atoms with Gasteiger partial charge in [0.25, 0.3) is 0 Å². The van der Waals surface area contributed by atoms with Gasteiger partial charge in [-0.1, -0.05) is 15.9 Å². The first-order chi connectivity index (χ1) is 10.5. The number of halogens is 1. The summed E-state index contributed by atoms with van der Waals surface area (Å²) in [6.07, 6.45) is 0.699. The molecule has 0 bridgehead atoms. The van der Waals surface area contributed by atoms with E-state index in [1.807, 2.05) is 19.1 Å². The summed E-state index contributed by atoms with van der Waals surface area (Å²) in [5.41, 5.74) is 1.13. The molecule has 0 saturated carbocycles. The van der Waals surface area contributed by atoms with Crippen molar-refractivity contribution in [2.75, 3.05) is 39.5 Å². The number of morpholine rings is 1. The molecule has 1 aromatic carbocycles. The van der Waals surface area contributed by atoms with Crippen molar-refractivity contribution in [1.82, 2.24) is 0 Å². The van der Waals surface area contributed by atoms with Crippen LogP contribution in [0.5, 0.6) is 5.75 Å². The molecule has 5 heteroatoms. The van der Waals surface area contributed by atoms with Crippen LogP contribution in [0.3, 0.4) is 0 Å². The molecule has 1 aliphatic heterocycles. The Morgan fingerprint density at radius 3 is 2.59 bits per heavy atom. The number of nitrogens with one attached hydrogen (secondary N) is 1. The Balaban J connectivity index is 1.57. The molecule has 2 rings (SSSR count). The lowest BCUT2D eigenvalue weighted by atomic mass is 10.2. The third kappa shape index (κ3) is 5.88. The predicted octanol–water partition coefficient (Wildman–Crippen LogP) is 1.85. The van der Waals surface area contributed by atoms with E-state index in [0.717, 1.165) is 42.0 Å². The summed E-state index contributed by atoms with van der Waals surface area (Å²) in [5.74, 6) is 0.924. The molecule has 1 heterocycles. The third-order valence-corrected chi connectivity index (χ3v) is 4.33. The van der Waals surface area contributed by atoms with Crippen molar-refractivity contribution < 1.29 is 19.1 Å². The highest BCUT2D eigenvalue weighted by atomic mass is 79.9. The Labute approximate surface area is 141 Å². The fourth-order valence-electron chi connectivity index (χ4n) is 2.90. The lowest BCUT2D eigenvalue weighted by Crippen LogP contribution is -3.15. The highest BCUT2D eigenvalue weighted by Crippen LogP contribution is 2.21. The topological polar surface area (TPSA) is 32.1 Å². The zero-order chi connectivity index (χ0) is 15.9. The minimum absolute atomic E-state index is 0.350. The molecule has 4 nitrogen and oxygen atoms in total. The van der Waals surface area contributed by atoms with Crippen LogP contribution in [-0.2, 0) is 9.47 Å². The van der Waals surface area contributed by atoms with Gasteiger partial charge in [-0.3, -0.25) is 0 Å². The zero-order valence-corrected chi connectivity index (χ0v) is 15.3. The van der Waals surface area contributed by atoms with Crippen LogP contribution in [0, 0.1) is 6.92 Å². The standard InChI is InChI=1S/C17H26BrNO3/c1-13-10-16(18)4-5-17(13)21-9-8-20-7-6-19-11-14(2)22-15(3)12-19/h4-5,10,14-15H,6-9,11-12H2,1-3H3/p+1/t14-,15-/m0/s1. The summed E-state index contributed by atoms with van der Waals surface area (Å²) < 4.78 is 18.3. The Morgan fingerprint density at radius 1 is 1.18 bits per heavy atom. The van der Waals surface area contributed by atoms with Crippen LogP contribution in [0.2, 0.25) is 0 Å². The van der Waals surface area contributed by atoms with Crippen molar-refractivity contribution >= 4 is 15.9 Å². The van der Waals surface area contributed by atoms with Crippen molar-refractivity contribution in [3.8, 4) is 5.75 Å². The van der Waals surface area contributed by atoms with Gasteiger partial charge in [0.1, 0.15) is 44.2 Å². The van der Waals surface area contributed by atoms with Gasteiger partial charge in [0, 0.05) is 4.47 Å². The number of rotatable bonds is 7. The minimum Gasteiger partial charge on any atom is -0.491 e. The van der Waals surface area contributed by atoms with Crippen LogP contribution in [0.15, 0.2) is 22.7 Å². The normalized spacial score (nSPS) is 25.2. The molecular weight excluding hydrogens is 346 g/mol. The summed E-state index contributed by atoms with van der Waals surface area (Å²) in [6, 6.07) is 6.04. The Kier molecular flexibility index (Phi) is 7.15. The van der Waals surface area contributed by atoms with Gasteiger partial charge in [-0.05, 0) is 44.5 Å². The van der Waals surface area contributed by atoms with Gasteiger partial charge in [0.2, 0.25) is 0 Å². The van der Waals surface area contributed by atoms with Gasteiger partial charge in [0.05, 0.1) is 13.2 Å². The number of ether oxygens (including phenoxy) is 3. The van der Waals surface area contributed by atoms with E-state index < -0.39 is 0 Å². The van der Waals surface area contributed by atoms with Gasteiger partial charge in [-0.15, -0.1) is 0 Å². The molecule has 0 amide bonds. The van der Waals surface area contributed by atoms with Crippen molar-refractivity contribution in [3.63, 3.8) is 0 Å². The van der Waals surface area contributed by atoms with E-state index in [4.69, 9.17) is 14.2 Å². The summed E-state index contributed by atoms with van der Waals surface area (Å²) in [7, 11) is 0. The minimum atomic E-state index is 0.350. The lowest BCUT2D eigenvalue weighted by molar-refractivity contribution is -0.915. The van der Waals surface area contributed by atoms with Crippen LogP contribution in [-0.4, -0.2) is 51.7 Å². The molecule has 1 N–H and O–H groups in total. The van der Waals surface area contributed by atoms with E-state index in [-0.39, 0.29) is 0 Å². The molecule has 0 unspecified atom stereocenters. The fraction of sp³-hybridized carbons (Fsp3) is 0.647. The average molecular weight is 373 g/mol. The highest BCUT2D eigenvalue weighted by Gasteiger charge is 2.24. The molecule has 2 atom stereocenters. The first kappa shape index (κ1) is 17.7. The monoisotopic (exact) mass is 372 g/mol. The quantitative estimate of drug-likeness (QED) is 0.741. The second-order valence-corrected chi connectivity index (χ2v) is 6.95. The highest BCUT2D eigenvalue weighted by molar-refractivity contribution is 9.10. The molecule has 1 fully saturated rings. The maximum Gasteiger partial charge on any atom is 0.122 e. The molecule has 0 radical (unpaired) electrons. The SMILES string of the molecule is Cc1cc(Br)ccc1OCCOCC[NH+]1C[C@H](C)O[C@@H](C)C1. The summed E-state index contributed by atoms with van der Waals surface area (Å²) in [4.78, 5) is 1.57. The largest absolute Gasteiger partial charge is 0.491 e. The van der Waals surface area contributed by atoms with E-state index in [2.05, 4.69) is 35.8 Å². The summed E-state index contributed by atoms with van der Waals surface area (Å²) >= 11 is 3.45. The van der Waals surface area contributed by atoms with E-state index >= 15 is 0 Å². The maximum atomic E-state index is 5.75. The van der Waals surface area contributed by atoms with Gasteiger partial charge >= 0.3 is 0 Å². The lowest BCUT2D eigenvalue weighted by Gasteiger charge is -2.32. The maximum absolute atomic E-state index is 5.75. The van der Waals surface area contributed by atoms with Crippen molar-refractivity contribution in [2.24, 2.45) is 0 Å². The summed E-state index contributed by atoms with van der Waals surface area (Å²) in [5, 5.41) is 0. The van der Waals surface area contributed by atoms with Crippen molar-refractivity contribution in [2.45, 2.75) is 33.0 Å². The molecule has 0 aromatic heterocycles. The smallest absolute Gasteiger partial charge is 0.122 e. The van der Waals surface area contributed by atoms with E-state index in [0.29, 0.717) is 25.4 Å². The first-order valence-corrected chi connectivity index (χ1v) is 8.79. The van der Waals surface area contributed by atoms with Crippen LogP contribution in [0.4, 0.5) is 0 Å². The van der Waals surface area contributed by atoms with E-state index in [9.17, 15) is 0 Å². The molecular formula is C17H27BrNO3+. The molecule has 1 aliphatic rings. The van der Waals surface area contributed by atoms with Crippen LogP contribution in [0.25, 0.3) is 0 Å². The van der Waals surface area contributed by atoms with Crippen molar-refractivity contribution in [1.29, 1.82) is 0 Å². The summed E-state index contributed by atoms with van der Waals surface area (Å²) in [6.45, 7) is 11.5. The van der Waals surface area contributed by atoms with Gasteiger partial charge < -0.3 is 19.1 Å². The number of hydrogen-bond acceptors (Lipinski definition) is 3. The van der Waals surface area contributed by atoms with Crippen LogP contribution >= 0.6 is 15.9 Å². The Morgan fingerprint density at radius 2 is 1.91 bits per heavy atom. The Bertz CT molecular complexity index is 459. The van der Waals surface area contributed by atoms with Crippen LogP contribution < -0.4 is 9.64 Å². The van der Waals surface area contributed by atoms with Crippen LogP contribution in [0.1, 0.15) is 19.4 Å². The predicted molar refractivity (Wildman–Crippen MR) is 90.8 cm³/mol. The molecule has 1 aromatic rings. The van der Waals surface area contributed by atoms with E-state index in [1.54, 1.807) is 4.90 Å². The van der Waals surface area contributed by atoms with Gasteiger partial charge in [0.15, 0.2) is 0 Å². The number of quaternary nitrogens is 1. The van der Waals surface area contributed by atoms with Gasteiger partial charge in [-0.25, -0.2) is 0 Å². The van der Waals surface area contributed by atoms with E-state index in [1.165, 1.54) is 0 Å². The number of benzene rings is 1. The molecule has 1 saturated heterocycles. The first-order valence-electron chi connectivity index (χ1n) is 8.00. The average Bonchev–Trinajstić information content (AvgIpc) is 2.43. The molecule has 124 valence electrons. The molecule has 0 spiro atoms. The molecule has 0 aliphatic carbocycles. The Hall–Kier alpha value is -0.620. The third-order valence-electron chi connectivity index (χ3n) is 3.84. The fourth-order valence-corrected chi connectivity index (χ4v) is 3.37. The second-order valence-electron chi connectivity index (χ2n) is 6.04. The number of aryl methyl sites for hydroxylation is 1. The second kappa shape index (κ2) is 8.87. The van der Waals surface area contributed by atoms with Crippen molar-refractivity contribution in [3.05, 3.63) is 28.2 Å². The molecule has 22 heavy (non-hydrogen) atoms.